The van der Waals surface area contributed by atoms with Crippen molar-refractivity contribution < 1.29 is 18.1 Å². The highest BCUT2D eigenvalue weighted by Crippen LogP contribution is 2.21. The smallest absolute Gasteiger partial charge is 0.270 e. The van der Waals surface area contributed by atoms with Gasteiger partial charge in [0.15, 0.2) is 0 Å². The molecule has 0 bridgehead atoms. The minimum Gasteiger partial charge on any atom is -0.271 e. The van der Waals surface area contributed by atoms with Gasteiger partial charge in [-0.15, -0.1) is 0 Å². The van der Waals surface area contributed by atoms with Crippen LogP contribution in [-0.2, 0) is 14.8 Å². The van der Waals surface area contributed by atoms with E-state index in [9.17, 15) is 23.3 Å². The quantitative estimate of drug-likeness (QED) is 0.401. The number of hydrogen-bond donors (Lipinski definition) is 1. The number of carbonyl (C=O) groups is 1. The summed E-state index contributed by atoms with van der Waals surface area (Å²) in [5.41, 5.74) is 3.97. The molecule has 0 atom stereocenters. The van der Waals surface area contributed by atoms with Gasteiger partial charge in [0.25, 0.3) is 11.6 Å². The number of nitro benzene ring substituents is 1. The molecule has 9 nitrogen and oxygen atoms in total. The normalized spacial score (nSPS) is 11.6. The van der Waals surface area contributed by atoms with Crippen molar-refractivity contribution >= 4 is 33.5 Å². The molecule has 2 aromatic carbocycles. The fourth-order valence-corrected chi connectivity index (χ4v) is 3.35. The van der Waals surface area contributed by atoms with Crippen LogP contribution in [0.3, 0.4) is 0 Å². The van der Waals surface area contributed by atoms with E-state index in [1.54, 1.807) is 18.2 Å². The maximum atomic E-state index is 12.2. The number of benzene rings is 2. The molecule has 0 fully saturated rings. The maximum Gasteiger partial charge on any atom is 0.270 e. The summed E-state index contributed by atoms with van der Waals surface area (Å²) in [6, 6.07) is 12.6. The van der Waals surface area contributed by atoms with Gasteiger partial charge in [-0.1, -0.05) is 38.1 Å². The van der Waals surface area contributed by atoms with Gasteiger partial charge >= 0.3 is 0 Å². The van der Waals surface area contributed by atoms with E-state index in [0.717, 1.165) is 16.1 Å². The Kier molecular flexibility index (Phi) is 7.05. The number of carbonyl (C=O) groups excluding carboxylic acids is 1. The Hall–Kier alpha value is -3.27. The zero-order valence-electron chi connectivity index (χ0n) is 16.3. The van der Waals surface area contributed by atoms with Gasteiger partial charge in [0.1, 0.15) is 6.54 Å². The number of nitro groups is 1. The van der Waals surface area contributed by atoms with E-state index >= 15 is 0 Å². The average Bonchev–Trinajstić information content (AvgIpc) is 2.65. The molecular formula is C19H22N4O5S. The summed E-state index contributed by atoms with van der Waals surface area (Å²) in [7, 11) is -3.69. The Bertz CT molecular complexity index is 1020. The van der Waals surface area contributed by atoms with Crippen molar-refractivity contribution in [3.63, 3.8) is 0 Å². The Balaban J connectivity index is 2.09. The fraction of sp³-hybridized carbons (Fsp3) is 0.263. The number of non-ortho nitro benzene ring substituents is 1. The lowest BCUT2D eigenvalue weighted by Crippen LogP contribution is -2.39. The average molecular weight is 418 g/mol. The van der Waals surface area contributed by atoms with E-state index < -0.39 is 27.4 Å². The lowest BCUT2D eigenvalue weighted by atomic mass is 10.0. The minimum absolute atomic E-state index is 0.103. The minimum atomic E-state index is -3.69. The van der Waals surface area contributed by atoms with Crippen LogP contribution in [0.15, 0.2) is 53.6 Å². The Morgan fingerprint density at radius 1 is 1.24 bits per heavy atom. The molecule has 0 aliphatic carbocycles. The highest BCUT2D eigenvalue weighted by molar-refractivity contribution is 7.92. The second-order valence-electron chi connectivity index (χ2n) is 6.66. The monoisotopic (exact) mass is 418 g/mol. The van der Waals surface area contributed by atoms with E-state index in [0.29, 0.717) is 17.2 Å². The maximum absolute atomic E-state index is 12.2. The number of rotatable bonds is 8. The van der Waals surface area contributed by atoms with Crippen LogP contribution in [0.2, 0.25) is 0 Å². The molecule has 29 heavy (non-hydrogen) atoms. The summed E-state index contributed by atoms with van der Waals surface area (Å²) in [4.78, 5) is 22.4. The molecule has 0 aliphatic rings. The molecule has 0 saturated carbocycles. The summed E-state index contributed by atoms with van der Waals surface area (Å²) in [5.74, 6) is -0.354. The molecule has 0 aromatic heterocycles. The molecule has 1 N–H and O–H groups in total. The van der Waals surface area contributed by atoms with Crippen molar-refractivity contribution in [2.75, 3.05) is 17.1 Å². The molecule has 10 heteroatoms. The topological polar surface area (TPSA) is 122 Å². The first kappa shape index (κ1) is 22.0. The molecule has 0 aliphatic heterocycles. The first-order valence-corrected chi connectivity index (χ1v) is 10.6. The van der Waals surface area contributed by atoms with Crippen LogP contribution < -0.4 is 9.73 Å². The number of hydrazone groups is 1. The lowest BCUT2D eigenvalue weighted by molar-refractivity contribution is -0.384. The highest BCUT2D eigenvalue weighted by Gasteiger charge is 2.20. The van der Waals surface area contributed by atoms with Gasteiger partial charge in [-0.25, -0.2) is 13.8 Å². The number of amides is 1. The number of nitrogens with zero attached hydrogens (tertiary/aromatic N) is 3. The van der Waals surface area contributed by atoms with Gasteiger partial charge in [-0.3, -0.25) is 19.2 Å². The summed E-state index contributed by atoms with van der Waals surface area (Å²) in [5, 5.41) is 14.5. The van der Waals surface area contributed by atoms with Gasteiger partial charge < -0.3 is 0 Å². The standard InChI is InChI=1S/C19H22N4O5S/c1-14(2)16-7-9-17(10-8-16)22(29(3,27)28)13-19(24)21-20-12-15-5-4-6-18(11-15)23(25)26/h4-12,14H,13H2,1-3H3,(H,21,24)/b20-12-. The second-order valence-corrected chi connectivity index (χ2v) is 8.57. The van der Waals surface area contributed by atoms with Gasteiger partial charge in [0, 0.05) is 17.7 Å². The van der Waals surface area contributed by atoms with E-state index in [2.05, 4.69) is 10.5 Å². The summed E-state index contributed by atoms with van der Waals surface area (Å²) in [6.45, 7) is 3.60. The van der Waals surface area contributed by atoms with Crippen LogP contribution in [0.1, 0.15) is 30.9 Å². The van der Waals surface area contributed by atoms with Gasteiger partial charge in [0.2, 0.25) is 10.0 Å². The van der Waals surface area contributed by atoms with Crippen molar-refractivity contribution in [1.82, 2.24) is 5.43 Å². The van der Waals surface area contributed by atoms with E-state index in [4.69, 9.17) is 0 Å². The van der Waals surface area contributed by atoms with Gasteiger partial charge in [-0.2, -0.15) is 5.10 Å². The van der Waals surface area contributed by atoms with Crippen molar-refractivity contribution in [1.29, 1.82) is 0 Å². The van der Waals surface area contributed by atoms with Crippen LogP contribution in [-0.4, -0.2) is 38.3 Å². The van der Waals surface area contributed by atoms with E-state index in [-0.39, 0.29) is 5.69 Å². The van der Waals surface area contributed by atoms with E-state index in [1.807, 2.05) is 26.0 Å². The molecule has 0 unspecified atom stereocenters. The van der Waals surface area contributed by atoms with Crippen molar-refractivity contribution in [3.05, 3.63) is 69.8 Å². The second kappa shape index (κ2) is 9.28. The van der Waals surface area contributed by atoms with Crippen LogP contribution in [0.4, 0.5) is 11.4 Å². The molecule has 1 amide bonds. The van der Waals surface area contributed by atoms with Gasteiger partial charge in [0.05, 0.1) is 23.1 Å². The summed E-state index contributed by atoms with van der Waals surface area (Å²) < 4.78 is 25.2. The lowest BCUT2D eigenvalue weighted by Gasteiger charge is -2.21. The number of anilines is 1. The predicted octanol–water partition coefficient (Wildman–Crippen LogP) is 2.63. The van der Waals surface area contributed by atoms with Crippen molar-refractivity contribution in [2.45, 2.75) is 19.8 Å². The SMILES string of the molecule is CC(C)c1ccc(N(CC(=O)N/N=C\c2cccc([N+](=O)[O-])c2)S(C)(=O)=O)cc1. The Morgan fingerprint density at radius 3 is 2.45 bits per heavy atom. The Labute approximate surface area is 169 Å². The largest absolute Gasteiger partial charge is 0.271 e. The molecule has 0 saturated heterocycles. The van der Waals surface area contributed by atoms with Crippen LogP contribution in [0, 0.1) is 10.1 Å². The molecule has 2 aromatic rings. The van der Waals surface area contributed by atoms with Crippen molar-refractivity contribution in [2.24, 2.45) is 5.10 Å². The number of hydrogen-bond acceptors (Lipinski definition) is 6. The fourth-order valence-electron chi connectivity index (χ4n) is 2.49. The molecule has 0 spiro atoms. The third-order valence-electron chi connectivity index (χ3n) is 4.02. The van der Waals surface area contributed by atoms with Gasteiger partial charge in [-0.05, 0) is 23.6 Å². The third kappa shape index (κ3) is 6.39. The molecule has 0 heterocycles. The number of sulfonamides is 1. The number of nitrogens with one attached hydrogen (secondary N) is 1. The first-order valence-electron chi connectivity index (χ1n) is 8.72. The predicted molar refractivity (Wildman–Crippen MR) is 112 cm³/mol. The van der Waals surface area contributed by atoms with Crippen LogP contribution in [0.5, 0.6) is 0 Å². The molecule has 154 valence electrons. The van der Waals surface area contributed by atoms with Crippen molar-refractivity contribution in [3.8, 4) is 0 Å². The van der Waals surface area contributed by atoms with E-state index in [1.165, 1.54) is 24.4 Å². The first-order chi connectivity index (χ1) is 13.6. The third-order valence-corrected chi connectivity index (χ3v) is 5.16. The zero-order valence-corrected chi connectivity index (χ0v) is 17.1. The molecule has 2 rings (SSSR count). The molecular weight excluding hydrogens is 396 g/mol. The summed E-state index contributed by atoms with van der Waals surface area (Å²) in [6.07, 6.45) is 2.26. The summed E-state index contributed by atoms with van der Waals surface area (Å²) >= 11 is 0. The highest BCUT2D eigenvalue weighted by atomic mass is 32.2. The Morgan fingerprint density at radius 2 is 1.90 bits per heavy atom. The zero-order chi connectivity index (χ0) is 21.6. The van der Waals surface area contributed by atoms with Crippen LogP contribution >= 0.6 is 0 Å². The van der Waals surface area contributed by atoms with Crippen LogP contribution in [0.25, 0.3) is 0 Å². The molecule has 0 radical (unpaired) electrons.